The Morgan fingerprint density at radius 3 is 1.37 bits per heavy atom. The average Bonchev–Trinajstić information content (AvgIpc) is 3.44. The summed E-state index contributed by atoms with van der Waals surface area (Å²) in [7, 11) is 0. The van der Waals surface area contributed by atoms with Crippen molar-refractivity contribution in [1.82, 2.24) is 0 Å². The maximum atomic E-state index is 4.10. The maximum absolute atomic E-state index is 4.10. The van der Waals surface area contributed by atoms with E-state index in [0.717, 1.165) is 25.7 Å². The Morgan fingerprint density at radius 2 is 0.971 bits per heavy atom. The van der Waals surface area contributed by atoms with Crippen molar-refractivity contribution in [3.8, 4) is 22.3 Å². The van der Waals surface area contributed by atoms with E-state index in [1.54, 1.807) is 0 Å². The number of fused-ring (bicyclic) bond motifs is 6. The van der Waals surface area contributed by atoms with Crippen LogP contribution < -0.4 is 5.32 Å². The summed E-state index contributed by atoms with van der Waals surface area (Å²) in [5.74, 6) is 0. The lowest BCUT2D eigenvalue weighted by atomic mass is 9.87. The van der Waals surface area contributed by atoms with Crippen LogP contribution in [-0.2, 0) is 25.7 Å². The first-order valence-corrected chi connectivity index (χ1v) is 13.2. The number of rotatable bonds is 4. The third-order valence-electron chi connectivity index (χ3n) is 8.86. The van der Waals surface area contributed by atoms with Crippen LogP contribution in [0.25, 0.3) is 22.3 Å². The van der Waals surface area contributed by atoms with Crippen molar-refractivity contribution < 1.29 is 0 Å². The number of hydrogen-bond acceptors (Lipinski definition) is 1. The first-order chi connectivity index (χ1) is 17.0. The summed E-state index contributed by atoms with van der Waals surface area (Å²) in [5.41, 5.74) is 23.0. The predicted molar refractivity (Wildman–Crippen MR) is 150 cm³/mol. The van der Waals surface area contributed by atoms with Gasteiger partial charge >= 0.3 is 0 Å². The molecule has 0 bridgehead atoms. The van der Waals surface area contributed by atoms with Crippen molar-refractivity contribution in [3.63, 3.8) is 0 Å². The highest BCUT2D eigenvalue weighted by Gasteiger charge is 2.30. The van der Waals surface area contributed by atoms with Gasteiger partial charge in [0.1, 0.15) is 0 Å². The molecule has 0 radical (unpaired) electrons. The van der Waals surface area contributed by atoms with Crippen LogP contribution in [0, 0.1) is 27.7 Å². The van der Waals surface area contributed by atoms with Crippen LogP contribution in [0.2, 0.25) is 0 Å². The second-order valence-electron chi connectivity index (χ2n) is 10.4. The molecule has 2 aliphatic carbocycles. The van der Waals surface area contributed by atoms with E-state index in [2.05, 4.69) is 95.4 Å². The quantitative estimate of drug-likeness (QED) is 0.278. The summed E-state index contributed by atoms with van der Waals surface area (Å²) in [5, 5.41) is 4.10. The van der Waals surface area contributed by atoms with E-state index >= 15 is 0 Å². The Hall–Kier alpha value is -3.32. The summed E-state index contributed by atoms with van der Waals surface area (Å²) < 4.78 is 0. The van der Waals surface area contributed by atoms with Crippen molar-refractivity contribution in [2.75, 3.05) is 5.32 Å². The molecule has 0 amide bonds. The van der Waals surface area contributed by atoms with Crippen LogP contribution in [0.15, 0.2) is 48.5 Å². The second-order valence-corrected chi connectivity index (χ2v) is 10.4. The van der Waals surface area contributed by atoms with Gasteiger partial charge in [-0.25, -0.2) is 0 Å². The Balaban J connectivity index is 1.60. The van der Waals surface area contributed by atoms with Crippen molar-refractivity contribution in [2.45, 2.75) is 67.2 Å². The van der Waals surface area contributed by atoms with Gasteiger partial charge in [-0.2, -0.15) is 0 Å². The number of anilines is 2. The standard InChI is InChI=1S/C34H35N/c1-7-25-19(3)21(5)33(29-17-23-13-9-11-15-27(23)31(25)29)35-34-22(6)20(4)26(8-2)32-28-16-12-10-14-24(28)18-30(32)34/h9-16,35H,7-8,17-18H2,1-6H3. The zero-order valence-corrected chi connectivity index (χ0v) is 21.9. The fourth-order valence-electron chi connectivity index (χ4n) is 6.84. The van der Waals surface area contributed by atoms with Crippen molar-refractivity contribution in [2.24, 2.45) is 0 Å². The van der Waals surface area contributed by atoms with E-state index in [-0.39, 0.29) is 0 Å². The number of nitrogens with one attached hydrogen (secondary N) is 1. The maximum Gasteiger partial charge on any atom is 0.0459 e. The molecule has 0 aromatic heterocycles. The molecule has 4 aromatic rings. The molecule has 0 aliphatic heterocycles. The van der Waals surface area contributed by atoms with Crippen LogP contribution in [-0.4, -0.2) is 0 Å². The highest BCUT2D eigenvalue weighted by atomic mass is 14.9. The highest BCUT2D eigenvalue weighted by Crippen LogP contribution is 2.50. The molecule has 176 valence electrons. The summed E-state index contributed by atoms with van der Waals surface area (Å²) >= 11 is 0. The third kappa shape index (κ3) is 3.07. The average molecular weight is 458 g/mol. The first-order valence-electron chi connectivity index (χ1n) is 13.2. The molecule has 4 aromatic carbocycles. The zero-order valence-electron chi connectivity index (χ0n) is 21.9. The first kappa shape index (κ1) is 22.2. The highest BCUT2D eigenvalue weighted by molar-refractivity contribution is 5.92. The molecule has 6 rings (SSSR count). The minimum absolute atomic E-state index is 1.01. The molecule has 0 saturated carbocycles. The van der Waals surface area contributed by atoms with E-state index in [9.17, 15) is 0 Å². The molecule has 0 heterocycles. The van der Waals surface area contributed by atoms with Gasteiger partial charge in [0.25, 0.3) is 0 Å². The summed E-state index contributed by atoms with van der Waals surface area (Å²) in [6, 6.07) is 18.0. The summed E-state index contributed by atoms with van der Waals surface area (Å²) in [6.45, 7) is 13.9. The minimum Gasteiger partial charge on any atom is -0.355 e. The van der Waals surface area contributed by atoms with Crippen LogP contribution >= 0.6 is 0 Å². The lowest BCUT2D eigenvalue weighted by Gasteiger charge is -2.25. The summed E-state index contributed by atoms with van der Waals surface area (Å²) in [6.07, 6.45) is 4.15. The molecule has 2 aliphatic rings. The van der Waals surface area contributed by atoms with E-state index in [0.29, 0.717) is 0 Å². The van der Waals surface area contributed by atoms with Crippen molar-refractivity contribution in [3.05, 3.63) is 104 Å². The molecule has 0 spiro atoms. The summed E-state index contributed by atoms with van der Waals surface area (Å²) in [4.78, 5) is 0. The van der Waals surface area contributed by atoms with E-state index in [1.807, 2.05) is 0 Å². The molecule has 0 saturated heterocycles. The lowest BCUT2D eigenvalue weighted by Crippen LogP contribution is -2.09. The molecular formula is C34H35N. The largest absolute Gasteiger partial charge is 0.355 e. The van der Waals surface area contributed by atoms with Gasteiger partial charge in [-0.15, -0.1) is 0 Å². The van der Waals surface area contributed by atoms with Gasteiger partial charge < -0.3 is 5.32 Å². The monoisotopic (exact) mass is 457 g/mol. The van der Waals surface area contributed by atoms with Gasteiger partial charge in [0.2, 0.25) is 0 Å². The Kier molecular flexibility index (Phi) is 5.14. The zero-order chi connectivity index (χ0) is 24.4. The second kappa shape index (κ2) is 8.12. The Morgan fingerprint density at radius 1 is 0.571 bits per heavy atom. The third-order valence-corrected chi connectivity index (χ3v) is 8.86. The smallest absolute Gasteiger partial charge is 0.0459 e. The van der Waals surface area contributed by atoms with Gasteiger partial charge in [0.15, 0.2) is 0 Å². The van der Waals surface area contributed by atoms with Crippen LogP contribution in [0.4, 0.5) is 11.4 Å². The number of benzene rings is 4. The van der Waals surface area contributed by atoms with Gasteiger partial charge in [0.05, 0.1) is 0 Å². The predicted octanol–water partition coefficient (Wildman–Crippen LogP) is 8.93. The normalized spacial score (nSPS) is 12.9. The van der Waals surface area contributed by atoms with E-state index in [1.165, 1.54) is 89.3 Å². The van der Waals surface area contributed by atoms with Gasteiger partial charge in [-0.1, -0.05) is 62.4 Å². The molecular weight excluding hydrogens is 422 g/mol. The SMILES string of the molecule is CCc1c(C)c(C)c(Nc2c(C)c(C)c(CC)c3c2Cc2ccccc2-3)c2c1-c1ccccc1C2. The fraction of sp³-hybridized carbons (Fsp3) is 0.294. The molecule has 1 N–H and O–H groups in total. The molecule has 1 heteroatoms. The Labute approximate surface area is 210 Å². The van der Waals surface area contributed by atoms with E-state index in [4.69, 9.17) is 0 Å². The van der Waals surface area contributed by atoms with Crippen LogP contribution in [0.1, 0.15) is 69.5 Å². The van der Waals surface area contributed by atoms with Gasteiger partial charge in [-0.3, -0.25) is 0 Å². The van der Waals surface area contributed by atoms with E-state index < -0.39 is 0 Å². The fourth-order valence-corrected chi connectivity index (χ4v) is 6.84. The number of hydrogen-bond donors (Lipinski definition) is 1. The molecule has 0 unspecified atom stereocenters. The van der Waals surface area contributed by atoms with Crippen LogP contribution in [0.5, 0.6) is 0 Å². The molecule has 35 heavy (non-hydrogen) atoms. The Bertz CT molecular complexity index is 1400. The lowest BCUT2D eigenvalue weighted by molar-refractivity contribution is 1.08. The molecule has 1 nitrogen and oxygen atoms in total. The van der Waals surface area contributed by atoms with Crippen LogP contribution in [0.3, 0.4) is 0 Å². The topological polar surface area (TPSA) is 12.0 Å². The van der Waals surface area contributed by atoms with Crippen molar-refractivity contribution >= 4 is 11.4 Å². The van der Waals surface area contributed by atoms with Crippen molar-refractivity contribution in [1.29, 1.82) is 0 Å². The minimum atomic E-state index is 1.01. The molecule has 0 atom stereocenters. The van der Waals surface area contributed by atoms with Gasteiger partial charge in [0, 0.05) is 24.2 Å². The molecule has 0 fully saturated rings. The van der Waals surface area contributed by atoms with Gasteiger partial charge in [-0.05, 0) is 118 Å².